The van der Waals surface area contributed by atoms with Crippen molar-refractivity contribution in [2.24, 2.45) is 0 Å². The Kier molecular flexibility index (Phi) is 9.68. The second-order valence-electron chi connectivity index (χ2n) is 16.7. The Bertz CT molecular complexity index is 2850. The number of aryl methyl sites for hydroxylation is 2. The molecule has 0 saturated heterocycles. The molecule has 0 aliphatic heterocycles. The molecule has 0 amide bonds. The number of para-hydroxylation sites is 1. The van der Waals surface area contributed by atoms with Crippen LogP contribution in [-0.4, -0.2) is 19.6 Å². The average molecular weight is 929 g/mol. The number of fused-ring (bicyclic) bond motifs is 1. The number of hydrogen-bond donors (Lipinski definition) is 1. The summed E-state index contributed by atoms with van der Waals surface area (Å²) in [6.07, 6.45) is 1.85. The van der Waals surface area contributed by atoms with Gasteiger partial charge in [-0.25, -0.2) is 4.98 Å². The molecule has 0 aliphatic carbocycles. The van der Waals surface area contributed by atoms with E-state index in [0.717, 1.165) is 78.0 Å². The number of aromatic nitrogens is 3. The van der Waals surface area contributed by atoms with Gasteiger partial charge in [0.1, 0.15) is 11.6 Å². The van der Waals surface area contributed by atoms with Crippen molar-refractivity contribution in [2.75, 3.05) is 0 Å². The summed E-state index contributed by atoms with van der Waals surface area (Å²) in [5.74, 6) is 0.705. The minimum absolute atomic E-state index is 0. The number of hydrogen-bond acceptors (Lipinski definition) is 3. The molecule has 2 heterocycles. The fourth-order valence-electron chi connectivity index (χ4n) is 7.52. The number of benzene rings is 6. The zero-order valence-electron chi connectivity index (χ0n) is 36.4. The second-order valence-corrected chi connectivity index (χ2v) is 16.7. The number of nitrogens with zero attached hydrogens (tertiary/aromatic N) is 3. The van der Waals surface area contributed by atoms with Crippen LogP contribution in [0.25, 0.3) is 72.7 Å². The molecule has 8 rings (SSSR count). The van der Waals surface area contributed by atoms with E-state index in [1.165, 1.54) is 0 Å². The van der Waals surface area contributed by atoms with Gasteiger partial charge in [0.2, 0.25) is 0 Å². The summed E-state index contributed by atoms with van der Waals surface area (Å²) in [7, 11) is 0. The molecule has 57 heavy (non-hydrogen) atoms. The molecule has 0 saturated carbocycles. The van der Waals surface area contributed by atoms with E-state index in [-0.39, 0.29) is 43.2 Å². The van der Waals surface area contributed by atoms with Crippen LogP contribution in [0.4, 0.5) is 0 Å². The molecule has 6 aromatic carbocycles. The van der Waals surface area contributed by atoms with Crippen molar-refractivity contribution < 1.29 is 30.3 Å². The monoisotopic (exact) mass is 928 g/mol. The summed E-state index contributed by atoms with van der Waals surface area (Å²) in [6, 6.07) is 47.9. The molecule has 2 aromatic heterocycles. The summed E-state index contributed by atoms with van der Waals surface area (Å²) in [6.45, 7) is 12.6. The molecular formula is C52H48N3OPt-. The molecule has 0 bridgehead atoms. The largest absolute Gasteiger partial charge is 0.507 e. The third-order valence-electron chi connectivity index (χ3n) is 10.5. The summed E-state index contributed by atoms with van der Waals surface area (Å²) in [5, 5.41) is 12.2. The van der Waals surface area contributed by atoms with Crippen LogP contribution < -0.4 is 0 Å². The van der Waals surface area contributed by atoms with Crippen LogP contribution in [0.5, 0.6) is 5.75 Å². The molecule has 0 fully saturated rings. The van der Waals surface area contributed by atoms with Gasteiger partial charge in [0.05, 0.1) is 22.3 Å². The standard InChI is InChI=1S/C52H48N3O.Pt/c1-33-22-23-46(42(26-33)36-18-13-10-14-19-36)55-47-21-15-20-41(48(47)54-50(55)43-27-34(2)28-44(49(43)56)52(6,7)8)38-29-39(31-40(30-38)51(3,4)5)45-32-37(24-25-53-45)35-16-11-9-12-17-35;/h9-28,30-32,56H,1-8H3;/q-1;/i1D3;. The summed E-state index contributed by atoms with van der Waals surface area (Å²) in [4.78, 5) is 10.3. The second kappa shape index (κ2) is 15.4. The normalized spacial score (nSPS) is 12.8. The van der Waals surface area contributed by atoms with Crippen LogP contribution in [0, 0.1) is 19.8 Å². The summed E-state index contributed by atoms with van der Waals surface area (Å²) < 4.78 is 27.0. The third-order valence-corrected chi connectivity index (χ3v) is 10.5. The Morgan fingerprint density at radius 2 is 1.32 bits per heavy atom. The molecule has 0 atom stereocenters. The van der Waals surface area contributed by atoms with Crippen molar-refractivity contribution in [1.82, 2.24) is 14.5 Å². The quantitative estimate of drug-likeness (QED) is 0.169. The van der Waals surface area contributed by atoms with Gasteiger partial charge in [0, 0.05) is 48.2 Å². The zero-order valence-corrected chi connectivity index (χ0v) is 35.7. The smallest absolute Gasteiger partial charge is 0.148 e. The zero-order chi connectivity index (χ0) is 41.9. The van der Waals surface area contributed by atoms with E-state index in [2.05, 4.69) is 88.6 Å². The van der Waals surface area contributed by atoms with Crippen molar-refractivity contribution in [1.29, 1.82) is 0 Å². The van der Waals surface area contributed by atoms with Crippen molar-refractivity contribution in [3.8, 4) is 67.5 Å². The minimum atomic E-state index is -2.31. The van der Waals surface area contributed by atoms with Gasteiger partial charge in [-0.3, -0.25) is 9.55 Å². The SMILES string of the molecule is [2H]C([2H])([2H])c1ccc(-n2c(-c3cc(C)cc(C(C)(C)C)c3O)nc3c(-c4[c-]c(-c5cc(-c6ccccc6)ccn5)cc(C(C)(C)C)c4)cccc32)c(-c2ccccc2)c1.[Pt]. The molecule has 288 valence electrons. The number of aromatic hydroxyl groups is 1. The molecule has 4 nitrogen and oxygen atoms in total. The van der Waals surface area contributed by atoms with Crippen LogP contribution in [0.15, 0.2) is 140 Å². The first-order valence-electron chi connectivity index (χ1n) is 20.6. The van der Waals surface area contributed by atoms with E-state index in [1.54, 1.807) is 12.1 Å². The first-order chi connectivity index (χ1) is 28.0. The number of pyridine rings is 1. The van der Waals surface area contributed by atoms with Crippen LogP contribution in [-0.2, 0) is 31.9 Å². The molecule has 8 aromatic rings. The van der Waals surface area contributed by atoms with Gasteiger partial charge in [0.25, 0.3) is 0 Å². The van der Waals surface area contributed by atoms with Crippen molar-refractivity contribution in [3.05, 3.63) is 168 Å². The van der Waals surface area contributed by atoms with Gasteiger partial charge < -0.3 is 5.11 Å². The van der Waals surface area contributed by atoms with Gasteiger partial charge in [-0.15, -0.1) is 29.3 Å². The Morgan fingerprint density at radius 3 is 2.00 bits per heavy atom. The molecule has 0 unspecified atom stereocenters. The van der Waals surface area contributed by atoms with Crippen LogP contribution >= 0.6 is 0 Å². The van der Waals surface area contributed by atoms with E-state index in [9.17, 15) is 5.11 Å². The van der Waals surface area contributed by atoms with Crippen molar-refractivity contribution in [3.63, 3.8) is 0 Å². The Labute approximate surface area is 355 Å². The van der Waals surface area contributed by atoms with Crippen LogP contribution in [0.2, 0.25) is 0 Å². The van der Waals surface area contributed by atoms with Gasteiger partial charge in [-0.05, 0) is 77.2 Å². The third kappa shape index (κ3) is 7.76. The molecular weight excluding hydrogens is 878 g/mol. The van der Waals surface area contributed by atoms with E-state index in [1.807, 2.05) is 98.0 Å². The average Bonchev–Trinajstić information content (AvgIpc) is 3.60. The van der Waals surface area contributed by atoms with E-state index in [0.29, 0.717) is 11.4 Å². The summed E-state index contributed by atoms with van der Waals surface area (Å²) >= 11 is 0. The maximum atomic E-state index is 12.2. The number of imidazole rings is 1. The van der Waals surface area contributed by atoms with E-state index >= 15 is 0 Å². The fraction of sp³-hybridized carbons (Fsp3) is 0.192. The molecule has 0 aliphatic rings. The molecule has 5 heteroatoms. The first kappa shape index (κ1) is 35.8. The van der Waals surface area contributed by atoms with Gasteiger partial charge in [-0.2, -0.15) is 0 Å². The van der Waals surface area contributed by atoms with Crippen molar-refractivity contribution >= 4 is 11.0 Å². The number of phenols is 1. The van der Waals surface area contributed by atoms with Crippen molar-refractivity contribution in [2.45, 2.75) is 66.1 Å². The van der Waals surface area contributed by atoms with Crippen LogP contribution in [0.3, 0.4) is 0 Å². The maximum absolute atomic E-state index is 12.2. The van der Waals surface area contributed by atoms with Gasteiger partial charge >= 0.3 is 0 Å². The topological polar surface area (TPSA) is 50.9 Å². The predicted octanol–water partition coefficient (Wildman–Crippen LogP) is 13.5. The predicted molar refractivity (Wildman–Crippen MR) is 233 cm³/mol. The fourth-order valence-corrected chi connectivity index (χ4v) is 7.52. The first-order valence-corrected chi connectivity index (χ1v) is 19.1. The van der Waals surface area contributed by atoms with Gasteiger partial charge in [-0.1, -0.05) is 149 Å². The molecule has 0 radical (unpaired) electrons. The van der Waals surface area contributed by atoms with E-state index in [4.69, 9.17) is 14.1 Å². The minimum Gasteiger partial charge on any atom is -0.507 e. The Balaban J connectivity index is 0.00000544. The summed E-state index contributed by atoms with van der Waals surface area (Å²) in [5.41, 5.74) is 12.7. The molecule has 1 N–H and O–H groups in total. The van der Waals surface area contributed by atoms with Crippen LogP contribution in [0.1, 0.15) is 67.9 Å². The number of rotatable bonds is 6. The Morgan fingerprint density at radius 1 is 0.632 bits per heavy atom. The number of phenolic OH excluding ortho intramolecular Hbond substituents is 1. The molecule has 0 spiro atoms. The van der Waals surface area contributed by atoms with E-state index < -0.39 is 6.85 Å². The van der Waals surface area contributed by atoms with Gasteiger partial charge in [0.15, 0.2) is 0 Å². The Hall–Kier alpha value is -5.57. The maximum Gasteiger partial charge on any atom is 0.148 e.